The van der Waals surface area contributed by atoms with Gasteiger partial charge in [-0.3, -0.25) is 4.90 Å². The van der Waals surface area contributed by atoms with Gasteiger partial charge in [0.15, 0.2) is 0 Å². The van der Waals surface area contributed by atoms with Crippen molar-refractivity contribution >= 4 is 0 Å². The van der Waals surface area contributed by atoms with Crippen LogP contribution in [0.2, 0.25) is 0 Å². The van der Waals surface area contributed by atoms with Crippen molar-refractivity contribution < 1.29 is 4.74 Å². The second kappa shape index (κ2) is 5.84. The van der Waals surface area contributed by atoms with Crippen LogP contribution in [0.25, 0.3) is 0 Å². The fourth-order valence-electron chi connectivity index (χ4n) is 3.00. The van der Waals surface area contributed by atoms with Crippen LogP contribution in [-0.2, 0) is 4.74 Å². The van der Waals surface area contributed by atoms with Crippen LogP contribution in [-0.4, -0.2) is 53.3 Å². The van der Waals surface area contributed by atoms with Crippen LogP contribution < -0.4 is 5.32 Å². The van der Waals surface area contributed by atoms with Crippen molar-refractivity contribution in [3.63, 3.8) is 0 Å². The third-order valence-electron chi connectivity index (χ3n) is 4.27. The van der Waals surface area contributed by atoms with Crippen LogP contribution in [0.5, 0.6) is 0 Å². The van der Waals surface area contributed by atoms with E-state index in [2.05, 4.69) is 40.7 Å². The Morgan fingerprint density at radius 3 is 2.95 bits per heavy atom. The van der Waals surface area contributed by atoms with Crippen molar-refractivity contribution in [2.45, 2.75) is 50.9 Å². The van der Waals surface area contributed by atoms with E-state index >= 15 is 0 Å². The number of ether oxygens (including phenoxy) is 1. The van der Waals surface area contributed by atoms with E-state index in [0.717, 1.165) is 19.7 Å². The molecule has 2 atom stereocenters. The van der Waals surface area contributed by atoms with E-state index in [-0.39, 0.29) is 6.10 Å². The number of hydrogen-bond donors (Lipinski definition) is 1. The maximum Gasteiger partial charge on any atom is 0.0951 e. The molecule has 1 saturated carbocycles. The number of hydrogen-bond acceptors (Lipinski definition) is 4. The van der Waals surface area contributed by atoms with Gasteiger partial charge in [-0.2, -0.15) is 0 Å². The molecule has 1 N–H and O–H groups in total. The minimum absolute atomic E-state index is 0.199. The summed E-state index contributed by atoms with van der Waals surface area (Å²) < 4.78 is 8.40. The zero-order valence-corrected chi connectivity index (χ0v) is 12.7. The molecule has 1 aromatic rings. The zero-order valence-electron chi connectivity index (χ0n) is 12.7. The van der Waals surface area contributed by atoms with Crippen molar-refractivity contribution in [1.82, 2.24) is 19.8 Å². The Balaban J connectivity index is 1.79. The summed E-state index contributed by atoms with van der Waals surface area (Å²) in [6.07, 6.45) is 6.79. The minimum Gasteiger partial charge on any atom is -0.374 e. The first-order chi connectivity index (χ1) is 9.66. The van der Waals surface area contributed by atoms with Crippen LogP contribution in [0.3, 0.4) is 0 Å². The fourth-order valence-corrected chi connectivity index (χ4v) is 3.00. The van der Waals surface area contributed by atoms with Crippen LogP contribution in [0, 0.1) is 0 Å². The Morgan fingerprint density at radius 2 is 2.25 bits per heavy atom. The molecule has 1 aliphatic heterocycles. The number of rotatable bonds is 5. The van der Waals surface area contributed by atoms with Crippen molar-refractivity contribution in [1.29, 1.82) is 0 Å². The molecule has 0 bridgehead atoms. The summed E-state index contributed by atoms with van der Waals surface area (Å²) in [6, 6.07) is 1.46. The molecule has 0 radical (unpaired) electrons. The van der Waals surface area contributed by atoms with Gasteiger partial charge in [-0.25, -0.2) is 4.98 Å². The molecule has 20 heavy (non-hydrogen) atoms. The highest BCUT2D eigenvalue weighted by molar-refractivity contribution is 5.12. The average Bonchev–Trinajstić information content (AvgIpc) is 3.15. The Bertz CT molecular complexity index is 441. The number of nitrogens with zero attached hydrogens (tertiary/aromatic N) is 3. The third kappa shape index (κ3) is 2.90. The van der Waals surface area contributed by atoms with Crippen molar-refractivity contribution in [2.75, 3.05) is 26.7 Å². The summed E-state index contributed by atoms with van der Waals surface area (Å²) in [5, 5.41) is 3.51. The molecule has 0 spiro atoms. The molecule has 2 aliphatic rings. The summed E-state index contributed by atoms with van der Waals surface area (Å²) in [4.78, 5) is 6.79. The Kier molecular flexibility index (Phi) is 4.10. The molecule has 5 nitrogen and oxygen atoms in total. The maximum absolute atomic E-state index is 6.05. The second-order valence-electron chi connectivity index (χ2n) is 6.35. The topological polar surface area (TPSA) is 42.3 Å². The standard InChI is InChI=1S/C15H26N4O/c1-11(2)17-9-14-15(18(3)6-7-20-14)13-8-16-10-19(13)12-4-5-12/h8,10-12,14-15,17H,4-7,9H2,1-3H3. The number of morpholine rings is 1. The summed E-state index contributed by atoms with van der Waals surface area (Å²) >= 11 is 0. The monoisotopic (exact) mass is 278 g/mol. The predicted octanol–water partition coefficient (Wildman–Crippen LogP) is 1.59. The molecule has 112 valence electrons. The van der Waals surface area contributed by atoms with E-state index in [1.807, 2.05) is 12.5 Å². The van der Waals surface area contributed by atoms with Gasteiger partial charge < -0.3 is 14.6 Å². The van der Waals surface area contributed by atoms with Crippen molar-refractivity contribution in [3.05, 3.63) is 18.2 Å². The first kappa shape index (κ1) is 14.0. The van der Waals surface area contributed by atoms with Gasteiger partial charge in [-0.05, 0) is 19.9 Å². The molecule has 2 unspecified atom stereocenters. The van der Waals surface area contributed by atoms with Crippen LogP contribution in [0.15, 0.2) is 12.5 Å². The van der Waals surface area contributed by atoms with Crippen LogP contribution in [0.1, 0.15) is 44.5 Å². The number of likely N-dealkylation sites (N-methyl/N-ethyl adjacent to an activating group) is 1. The van der Waals surface area contributed by atoms with E-state index in [0.29, 0.717) is 18.1 Å². The number of aromatic nitrogens is 2. The summed E-state index contributed by atoms with van der Waals surface area (Å²) in [5.74, 6) is 0. The van der Waals surface area contributed by atoms with Gasteiger partial charge >= 0.3 is 0 Å². The van der Waals surface area contributed by atoms with E-state index in [4.69, 9.17) is 4.74 Å². The van der Waals surface area contributed by atoms with E-state index in [9.17, 15) is 0 Å². The lowest BCUT2D eigenvalue weighted by Crippen LogP contribution is -2.48. The van der Waals surface area contributed by atoms with Gasteiger partial charge in [0, 0.05) is 31.4 Å². The van der Waals surface area contributed by atoms with Gasteiger partial charge in [0.05, 0.1) is 30.8 Å². The first-order valence-corrected chi connectivity index (χ1v) is 7.73. The molecule has 3 rings (SSSR count). The summed E-state index contributed by atoms with van der Waals surface area (Å²) in [5.41, 5.74) is 1.31. The average molecular weight is 278 g/mol. The molecule has 1 aromatic heterocycles. The second-order valence-corrected chi connectivity index (χ2v) is 6.35. The SMILES string of the molecule is CC(C)NCC1OCCN(C)C1c1cncn1C1CC1. The summed E-state index contributed by atoms with van der Waals surface area (Å²) in [6.45, 7) is 7.04. The minimum atomic E-state index is 0.199. The van der Waals surface area contributed by atoms with Gasteiger partial charge in [-0.15, -0.1) is 0 Å². The first-order valence-electron chi connectivity index (χ1n) is 7.73. The lowest BCUT2D eigenvalue weighted by molar-refractivity contribution is -0.0643. The van der Waals surface area contributed by atoms with Crippen molar-refractivity contribution in [3.8, 4) is 0 Å². The molecule has 1 aliphatic carbocycles. The highest BCUT2D eigenvalue weighted by Gasteiger charge is 2.36. The van der Waals surface area contributed by atoms with Gasteiger partial charge in [0.25, 0.3) is 0 Å². The van der Waals surface area contributed by atoms with E-state index in [1.165, 1.54) is 18.5 Å². The quantitative estimate of drug-likeness (QED) is 0.888. The number of nitrogens with one attached hydrogen (secondary N) is 1. The molecule has 2 heterocycles. The maximum atomic E-state index is 6.05. The lowest BCUT2D eigenvalue weighted by Gasteiger charge is -2.39. The fraction of sp³-hybridized carbons (Fsp3) is 0.800. The highest BCUT2D eigenvalue weighted by atomic mass is 16.5. The molecule has 0 aromatic carbocycles. The number of imidazole rings is 1. The molecular weight excluding hydrogens is 252 g/mol. The predicted molar refractivity (Wildman–Crippen MR) is 78.7 cm³/mol. The van der Waals surface area contributed by atoms with Crippen LogP contribution in [0.4, 0.5) is 0 Å². The molecule has 1 saturated heterocycles. The van der Waals surface area contributed by atoms with E-state index in [1.54, 1.807) is 0 Å². The molecule has 5 heteroatoms. The molecule has 0 amide bonds. The zero-order chi connectivity index (χ0) is 14.1. The Labute approximate surface area is 121 Å². The van der Waals surface area contributed by atoms with Gasteiger partial charge in [0.2, 0.25) is 0 Å². The Hall–Kier alpha value is -0.910. The normalized spacial score (nSPS) is 28.2. The Morgan fingerprint density at radius 1 is 1.45 bits per heavy atom. The van der Waals surface area contributed by atoms with Crippen LogP contribution >= 0.6 is 0 Å². The highest BCUT2D eigenvalue weighted by Crippen LogP contribution is 2.39. The molecule has 2 fully saturated rings. The lowest BCUT2D eigenvalue weighted by atomic mass is 10.0. The van der Waals surface area contributed by atoms with Gasteiger partial charge in [0.1, 0.15) is 0 Å². The van der Waals surface area contributed by atoms with Crippen molar-refractivity contribution in [2.24, 2.45) is 0 Å². The summed E-state index contributed by atoms with van der Waals surface area (Å²) in [7, 11) is 2.19. The van der Waals surface area contributed by atoms with Gasteiger partial charge in [-0.1, -0.05) is 13.8 Å². The molecular formula is C15H26N4O. The smallest absolute Gasteiger partial charge is 0.0951 e. The largest absolute Gasteiger partial charge is 0.374 e. The van der Waals surface area contributed by atoms with E-state index < -0.39 is 0 Å². The third-order valence-corrected chi connectivity index (χ3v) is 4.27.